The average Bonchev–Trinajstić information content (AvgIpc) is 2.53. The first kappa shape index (κ1) is 19.3. The van der Waals surface area contributed by atoms with Crippen LogP contribution in [0, 0.1) is 0 Å². The first-order chi connectivity index (χ1) is 10.7. The van der Waals surface area contributed by atoms with Gasteiger partial charge in [0, 0.05) is 44.3 Å². The summed E-state index contributed by atoms with van der Waals surface area (Å²) in [7, 11) is 0. The van der Waals surface area contributed by atoms with E-state index in [0.717, 1.165) is 37.3 Å². The number of nitrogens with zero attached hydrogens (tertiary/aromatic N) is 1. The summed E-state index contributed by atoms with van der Waals surface area (Å²) in [6.07, 6.45) is 6.58. The molecule has 0 spiro atoms. The van der Waals surface area contributed by atoms with E-state index >= 15 is 0 Å². The number of likely N-dealkylation sites (tertiary alicyclic amines) is 1. The van der Waals surface area contributed by atoms with E-state index in [1.807, 2.05) is 16.7 Å². The molecule has 0 bridgehead atoms. The van der Waals surface area contributed by atoms with Gasteiger partial charge in [-0.2, -0.15) is 11.8 Å². The third kappa shape index (κ3) is 7.49. The zero-order valence-corrected chi connectivity index (χ0v) is 14.6. The largest absolute Gasteiger partial charge is 0.354 e. The third-order valence-corrected chi connectivity index (χ3v) is 5.03. The lowest BCUT2D eigenvalue weighted by Crippen LogP contribution is -2.49. The number of unbranched alkanes of at least 4 members (excludes halogenated alkanes) is 1. The van der Waals surface area contributed by atoms with Gasteiger partial charge in [-0.05, 0) is 31.4 Å². The van der Waals surface area contributed by atoms with Crippen LogP contribution in [0.2, 0.25) is 0 Å². The van der Waals surface area contributed by atoms with E-state index in [2.05, 4.69) is 12.2 Å². The minimum Gasteiger partial charge on any atom is -0.354 e. The van der Waals surface area contributed by atoms with Crippen LogP contribution in [0.5, 0.6) is 0 Å². The second-order valence-electron chi connectivity index (χ2n) is 5.80. The van der Waals surface area contributed by atoms with Gasteiger partial charge in [0.15, 0.2) is 0 Å². The van der Waals surface area contributed by atoms with Gasteiger partial charge in [-0.1, -0.05) is 13.3 Å². The number of hydrogen-bond donors (Lipinski definition) is 2. The first-order valence-corrected chi connectivity index (χ1v) is 9.68. The minimum atomic E-state index is -0.0180. The van der Waals surface area contributed by atoms with Crippen molar-refractivity contribution in [1.82, 2.24) is 10.2 Å². The highest BCUT2D eigenvalue weighted by atomic mass is 32.2. The summed E-state index contributed by atoms with van der Waals surface area (Å²) in [6.45, 7) is 3.95. The quantitative estimate of drug-likeness (QED) is 0.599. The van der Waals surface area contributed by atoms with Crippen molar-refractivity contribution in [3.8, 4) is 0 Å². The van der Waals surface area contributed by atoms with Crippen LogP contribution < -0.4 is 11.1 Å². The molecule has 2 amide bonds. The predicted octanol–water partition coefficient (Wildman–Crippen LogP) is 1.76. The number of nitrogens with one attached hydrogen (secondary N) is 1. The molecule has 1 fully saturated rings. The van der Waals surface area contributed by atoms with Crippen molar-refractivity contribution in [2.75, 3.05) is 31.1 Å². The highest BCUT2D eigenvalue weighted by molar-refractivity contribution is 7.99. The number of hydrogen-bond acceptors (Lipinski definition) is 4. The minimum absolute atomic E-state index is 0.0180. The van der Waals surface area contributed by atoms with Crippen molar-refractivity contribution in [2.24, 2.45) is 5.73 Å². The summed E-state index contributed by atoms with van der Waals surface area (Å²) in [4.78, 5) is 25.9. The lowest BCUT2D eigenvalue weighted by Gasteiger charge is -2.36. The third-order valence-electron chi connectivity index (χ3n) is 3.96. The zero-order valence-electron chi connectivity index (χ0n) is 13.8. The van der Waals surface area contributed by atoms with E-state index in [4.69, 9.17) is 5.73 Å². The topological polar surface area (TPSA) is 75.4 Å². The Morgan fingerprint density at radius 2 is 2.09 bits per heavy atom. The maximum Gasteiger partial charge on any atom is 0.223 e. The van der Waals surface area contributed by atoms with E-state index in [1.54, 1.807) is 0 Å². The fourth-order valence-corrected chi connectivity index (χ4v) is 3.66. The van der Waals surface area contributed by atoms with Crippen LogP contribution in [0.3, 0.4) is 0 Å². The van der Waals surface area contributed by atoms with Gasteiger partial charge >= 0.3 is 0 Å². The maximum absolute atomic E-state index is 12.4. The number of carbonyl (C=O) groups is 2. The summed E-state index contributed by atoms with van der Waals surface area (Å²) in [5.74, 6) is 2.27. The Morgan fingerprint density at radius 3 is 2.82 bits per heavy atom. The summed E-state index contributed by atoms with van der Waals surface area (Å²) in [6, 6.07) is 0.156. The number of amides is 2. The molecular weight excluding hydrogens is 298 g/mol. The van der Waals surface area contributed by atoms with Gasteiger partial charge in [-0.25, -0.2) is 0 Å². The van der Waals surface area contributed by atoms with Crippen LogP contribution in [0.1, 0.15) is 51.9 Å². The predicted molar refractivity (Wildman–Crippen MR) is 92.9 cm³/mol. The molecule has 6 heteroatoms. The van der Waals surface area contributed by atoms with Crippen molar-refractivity contribution >= 4 is 23.6 Å². The van der Waals surface area contributed by atoms with E-state index < -0.39 is 0 Å². The molecular formula is C16H31N3O2S. The molecule has 1 unspecified atom stereocenters. The summed E-state index contributed by atoms with van der Waals surface area (Å²) in [5.41, 5.74) is 5.38. The Bertz CT molecular complexity index is 339. The molecule has 0 aromatic carbocycles. The monoisotopic (exact) mass is 329 g/mol. The first-order valence-electron chi connectivity index (χ1n) is 8.53. The van der Waals surface area contributed by atoms with E-state index in [0.29, 0.717) is 25.9 Å². The molecule has 22 heavy (non-hydrogen) atoms. The van der Waals surface area contributed by atoms with Crippen LogP contribution in [0.15, 0.2) is 0 Å². The second-order valence-corrected chi connectivity index (χ2v) is 7.02. The normalized spacial score (nSPS) is 18.3. The Morgan fingerprint density at radius 1 is 1.27 bits per heavy atom. The number of nitrogens with two attached hydrogens (primary N) is 1. The molecule has 0 aromatic rings. The highest BCUT2D eigenvalue weighted by Gasteiger charge is 2.26. The van der Waals surface area contributed by atoms with Crippen LogP contribution >= 0.6 is 11.8 Å². The van der Waals surface area contributed by atoms with E-state index in [1.165, 1.54) is 12.8 Å². The fraction of sp³-hybridized carbons (Fsp3) is 0.875. The highest BCUT2D eigenvalue weighted by Crippen LogP contribution is 2.18. The molecule has 1 saturated heterocycles. The average molecular weight is 330 g/mol. The molecule has 0 saturated carbocycles. The molecule has 5 nitrogen and oxygen atoms in total. The lowest BCUT2D eigenvalue weighted by molar-refractivity contribution is -0.135. The van der Waals surface area contributed by atoms with Gasteiger partial charge in [0.05, 0.1) is 0 Å². The van der Waals surface area contributed by atoms with Gasteiger partial charge in [0.1, 0.15) is 0 Å². The molecule has 0 radical (unpaired) electrons. The molecule has 0 aromatic heterocycles. The lowest BCUT2D eigenvalue weighted by atomic mass is 10.0. The second kappa shape index (κ2) is 11.8. The Kier molecular flexibility index (Phi) is 10.3. The van der Waals surface area contributed by atoms with Crippen LogP contribution in [-0.2, 0) is 9.59 Å². The molecule has 128 valence electrons. The molecule has 0 aliphatic carbocycles. The zero-order chi connectivity index (χ0) is 16.2. The van der Waals surface area contributed by atoms with Gasteiger partial charge in [-0.15, -0.1) is 0 Å². The number of piperidine rings is 1. The molecule has 1 rings (SSSR count). The van der Waals surface area contributed by atoms with Crippen LogP contribution in [-0.4, -0.2) is 53.9 Å². The number of carbonyl (C=O) groups excluding carboxylic acids is 2. The maximum atomic E-state index is 12.4. The van der Waals surface area contributed by atoms with Crippen molar-refractivity contribution in [1.29, 1.82) is 0 Å². The smallest absolute Gasteiger partial charge is 0.223 e. The Labute approximate surface area is 138 Å². The number of thioether (sulfide) groups is 1. The van der Waals surface area contributed by atoms with Gasteiger partial charge in [0.2, 0.25) is 11.8 Å². The van der Waals surface area contributed by atoms with Crippen molar-refractivity contribution in [3.05, 3.63) is 0 Å². The van der Waals surface area contributed by atoms with Gasteiger partial charge in [-0.3, -0.25) is 9.59 Å². The molecule has 1 heterocycles. The summed E-state index contributed by atoms with van der Waals surface area (Å²) in [5, 5.41) is 2.90. The van der Waals surface area contributed by atoms with Crippen molar-refractivity contribution in [3.63, 3.8) is 0 Å². The van der Waals surface area contributed by atoms with Gasteiger partial charge in [0.25, 0.3) is 0 Å². The molecule has 1 atom stereocenters. The van der Waals surface area contributed by atoms with Crippen LogP contribution in [0.4, 0.5) is 0 Å². The van der Waals surface area contributed by atoms with E-state index in [9.17, 15) is 9.59 Å². The summed E-state index contributed by atoms with van der Waals surface area (Å²) < 4.78 is 0. The number of rotatable bonds is 10. The SMILES string of the molecule is CCCCSCCC(=O)N1CCCCC1CNC(=O)CCN. The molecule has 1 aliphatic rings. The van der Waals surface area contributed by atoms with Gasteiger partial charge < -0.3 is 16.0 Å². The molecule has 3 N–H and O–H groups in total. The van der Waals surface area contributed by atoms with Crippen molar-refractivity contribution in [2.45, 2.75) is 57.9 Å². The summed E-state index contributed by atoms with van der Waals surface area (Å²) >= 11 is 1.87. The Balaban J connectivity index is 2.33. The van der Waals surface area contributed by atoms with E-state index in [-0.39, 0.29) is 17.9 Å². The standard InChI is InChI=1S/C16H31N3O2S/c1-2-3-11-22-12-8-16(21)19-10-5-4-6-14(19)13-18-15(20)7-9-17/h14H,2-13,17H2,1H3,(H,18,20). The Hall–Kier alpha value is -0.750. The van der Waals surface area contributed by atoms with Crippen molar-refractivity contribution < 1.29 is 9.59 Å². The molecule has 1 aliphatic heterocycles. The van der Waals surface area contributed by atoms with Crippen LogP contribution in [0.25, 0.3) is 0 Å². The fourth-order valence-electron chi connectivity index (χ4n) is 2.64.